The van der Waals surface area contributed by atoms with Crippen LogP contribution in [0.15, 0.2) is 34.4 Å². The molecular formula is C17H15BrClN3OS. The van der Waals surface area contributed by atoms with Gasteiger partial charge in [0.05, 0.1) is 15.9 Å². The summed E-state index contributed by atoms with van der Waals surface area (Å²) >= 11 is 11.3. The van der Waals surface area contributed by atoms with Crippen LogP contribution in [0.2, 0.25) is 5.15 Å². The van der Waals surface area contributed by atoms with E-state index in [2.05, 4.69) is 30.9 Å². The van der Waals surface area contributed by atoms with Gasteiger partial charge >= 0.3 is 0 Å². The zero-order chi connectivity index (χ0) is 16.5. The Morgan fingerprint density at radius 3 is 2.75 bits per heavy atom. The van der Waals surface area contributed by atoms with Crippen molar-refractivity contribution in [3.8, 4) is 5.88 Å². The molecule has 3 aromatic heterocycles. The summed E-state index contributed by atoms with van der Waals surface area (Å²) in [4.78, 5) is 13.2. The largest absolute Gasteiger partial charge is 0.474 e. The Morgan fingerprint density at radius 2 is 2.00 bits per heavy atom. The minimum Gasteiger partial charge on any atom is -0.474 e. The third-order valence-electron chi connectivity index (χ3n) is 4.33. The van der Waals surface area contributed by atoms with Crippen molar-refractivity contribution in [1.82, 2.24) is 15.0 Å². The first kappa shape index (κ1) is 16.2. The standard InChI is InChI=1S/C17H15BrClN3OS/c18-11-7-13-14(21-9-11)8-15(19)22-16(13)23-12-3-1-10(2-4-12)17-20-5-6-24-17/h5-10,12H,1-4H2/t10-,12+. The van der Waals surface area contributed by atoms with Gasteiger partial charge in [-0.2, -0.15) is 0 Å². The smallest absolute Gasteiger partial charge is 0.224 e. The molecule has 1 aliphatic rings. The summed E-state index contributed by atoms with van der Waals surface area (Å²) < 4.78 is 7.10. The van der Waals surface area contributed by atoms with Crippen LogP contribution in [0.1, 0.15) is 36.6 Å². The number of halogens is 2. The highest BCUT2D eigenvalue weighted by atomic mass is 79.9. The van der Waals surface area contributed by atoms with Gasteiger partial charge in [0.25, 0.3) is 0 Å². The fourth-order valence-electron chi connectivity index (χ4n) is 3.15. The van der Waals surface area contributed by atoms with Gasteiger partial charge in [-0.3, -0.25) is 4.98 Å². The second-order valence-electron chi connectivity index (χ2n) is 5.93. The number of pyridine rings is 2. The van der Waals surface area contributed by atoms with Gasteiger partial charge in [0.1, 0.15) is 11.3 Å². The maximum absolute atomic E-state index is 6.20. The summed E-state index contributed by atoms with van der Waals surface area (Å²) in [5, 5.41) is 4.58. The van der Waals surface area contributed by atoms with Crippen molar-refractivity contribution in [2.45, 2.75) is 37.7 Å². The van der Waals surface area contributed by atoms with Gasteiger partial charge in [-0.25, -0.2) is 9.97 Å². The van der Waals surface area contributed by atoms with E-state index < -0.39 is 0 Å². The first-order valence-corrected chi connectivity index (χ1v) is 9.92. The maximum atomic E-state index is 6.20. The van der Waals surface area contributed by atoms with Gasteiger partial charge in [0.15, 0.2) is 0 Å². The molecule has 0 amide bonds. The average Bonchev–Trinajstić information content (AvgIpc) is 3.11. The number of ether oxygens (including phenoxy) is 1. The van der Waals surface area contributed by atoms with E-state index in [0.717, 1.165) is 41.1 Å². The Kier molecular flexibility index (Phi) is 4.70. The van der Waals surface area contributed by atoms with Crippen LogP contribution in [0.25, 0.3) is 10.9 Å². The van der Waals surface area contributed by atoms with Gasteiger partial charge in [-0.05, 0) is 47.7 Å². The second-order valence-corrected chi connectivity index (χ2v) is 8.16. The van der Waals surface area contributed by atoms with E-state index in [-0.39, 0.29) is 6.10 Å². The lowest BCUT2D eigenvalue weighted by atomic mass is 9.88. The molecule has 0 radical (unpaired) electrons. The molecule has 1 aliphatic carbocycles. The van der Waals surface area contributed by atoms with Crippen molar-refractivity contribution in [2.24, 2.45) is 0 Å². The van der Waals surface area contributed by atoms with Crippen LogP contribution in [0, 0.1) is 0 Å². The summed E-state index contributed by atoms with van der Waals surface area (Å²) in [6.07, 6.45) is 7.99. The van der Waals surface area contributed by atoms with E-state index in [1.54, 1.807) is 23.6 Å². The molecule has 4 nitrogen and oxygen atoms in total. The van der Waals surface area contributed by atoms with E-state index in [1.807, 2.05) is 17.6 Å². The number of fused-ring (bicyclic) bond motifs is 1. The Bertz CT molecular complexity index is 850. The number of hydrogen-bond donors (Lipinski definition) is 0. The molecule has 7 heteroatoms. The molecule has 4 rings (SSSR count). The maximum Gasteiger partial charge on any atom is 0.224 e. The summed E-state index contributed by atoms with van der Waals surface area (Å²) in [5.41, 5.74) is 0.796. The molecule has 1 fully saturated rings. The van der Waals surface area contributed by atoms with E-state index in [4.69, 9.17) is 16.3 Å². The van der Waals surface area contributed by atoms with Crippen LogP contribution in [0.4, 0.5) is 0 Å². The van der Waals surface area contributed by atoms with E-state index >= 15 is 0 Å². The van der Waals surface area contributed by atoms with Crippen LogP contribution in [-0.4, -0.2) is 21.1 Å². The highest BCUT2D eigenvalue weighted by molar-refractivity contribution is 9.10. The van der Waals surface area contributed by atoms with Crippen molar-refractivity contribution in [1.29, 1.82) is 0 Å². The van der Waals surface area contributed by atoms with Gasteiger partial charge in [-0.1, -0.05) is 11.6 Å². The fraction of sp³-hybridized carbons (Fsp3) is 0.353. The molecule has 0 bridgehead atoms. The lowest BCUT2D eigenvalue weighted by Gasteiger charge is -2.27. The Morgan fingerprint density at radius 1 is 1.17 bits per heavy atom. The van der Waals surface area contributed by atoms with Crippen molar-refractivity contribution < 1.29 is 4.74 Å². The van der Waals surface area contributed by atoms with Gasteiger partial charge in [-0.15, -0.1) is 11.3 Å². The highest BCUT2D eigenvalue weighted by Crippen LogP contribution is 2.36. The fourth-order valence-corrected chi connectivity index (χ4v) is 4.47. The molecular weight excluding hydrogens is 410 g/mol. The molecule has 3 aromatic rings. The number of hydrogen-bond acceptors (Lipinski definition) is 5. The van der Waals surface area contributed by atoms with Crippen molar-refractivity contribution in [2.75, 3.05) is 0 Å². The van der Waals surface area contributed by atoms with Crippen molar-refractivity contribution >= 4 is 49.8 Å². The van der Waals surface area contributed by atoms with Crippen LogP contribution >= 0.6 is 38.9 Å². The number of aromatic nitrogens is 3. The Labute approximate surface area is 157 Å². The minimum atomic E-state index is 0.161. The topological polar surface area (TPSA) is 47.9 Å². The van der Waals surface area contributed by atoms with Gasteiger partial charge < -0.3 is 4.74 Å². The predicted molar refractivity (Wildman–Crippen MR) is 100.0 cm³/mol. The Hall–Kier alpha value is -1.24. The average molecular weight is 425 g/mol. The van der Waals surface area contributed by atoms with Crippen molar-refractivity contribution in [3.05, 3.63) is 44.5 Å². The van der Waals surface area contributed by atoms with E-state index in [9.17, 15) is 0 Å². The minimum absolute atomic E-state index is 0.161. The van der Waals surface area contributed by atoms with Gasteiger partial charge in [0, 0.05) is 34.2 Å². The molecule has 0 spiro atoms. The quantitative estimate of drug-likeness (QED) is 0.513. The third kappa shape index (κ3) is 3.41. The van der Waals surface area contributed by atoms with E-state index in [1.165, 1.54) is 5.01 Å². The normalized spacial score (nSPS) is 21.1. The highest BCUT2D eigenvalue weighted by Gasteiger charge is 2.26. The molecule has 0 N–H and O–H groups in total. The first-order chi connectivity index (χ1) is 11.7. The number of rotatable bonds is 3. The molecule has 0 aromatic carbocycles. The van der Waals surface area contributed by atoms with Crippen LogP contribution in [-0.2, 0) is 0 Å². The zero-order valence-electron chi connectivity index (χ0n) is 12.8. The van der Waals surface area contributed by atoms with Crippen molar-refractivity contribution in [3.63, 3.8) is 0 Å². The van der Waals surface area contributed by atoms with Crippen LogP contribution in [0.3, 0.4) is 0 Å². The molecule has 1 saturated carbocycles. The third-order valence-corrected chi connectivity index (χ3v) is 5.90. The molecule has 0 aliphatic heterocycles. The molecule has 24 heavy (non-hydrogen) atoms. The molecule has 124 valence electrons. The Balaban J connectivity index is 1.52. The molecule has 0 saturated heterocycles. The monoisotopic (exact) mass is 423 g/mol. The van der Waals surface area contributed by atoms with E-state index in [0.29, 0.717) is 17.0 Å². The predicted octanol–water partition coefficient (Wildman–Crippen LogP) is 5.61. The molecule has 3 heterocycles. The van der Waals surface area contributed by atoms with Crippen LogP contribution in [0.5, 0.6) is 5.88 Å². The van der Waals surface area contributed by atoms with Gasteiger partial charge in [0.2, 0.25) is 5.88 Å². The summed E-state index contributed by atoms with van der Waals surface area (Å²) in [5.74, 6) is 1.13. The summed E-state index contributed by atoms with van der Waals surface area (Å²) in [6, 6.07) is 3.73. The molecule has 0 atom stereocenters. The number of nitrogens with zero attached hydrogens (tertiary/aromatic N) is 3. The lowest BCUT2D eigenvalue weighted by molar-refractivity contribution is 0.142. The zero-order valence-corrected chi connectivity index (χ0v) is 15.9. The summed E-state index contributed by atoms with van der Waals surface area (Å²) in [6.45, 7) is 0. The number of thiazole rings is 1. The molecule has 0 unspecified atom stereocenters. The first-order valence-electron chi connectivity index (χ1n) is 7.87. The summed E-state index contributed by atoms with van der Waals surface area (Å²) in [7, 11) is 0. The lowest BCUT2D eigenvalue weighted by Crippen LogP contribution is -2.23. The van der Waals surface area contributed by atoms with Crippen LogP contribution < -0.4 is 4.74 Å². The SMILES string of the molecule is Clc1cc2ncc(Br)cc2c(O[C@H]2CC[C@@H](c3nccs3)CC2)n1. The second kappa shape index (κ2) is 6.94.